The van der Waals surface area contributed by atoms with E-state index in [-0.39, 0.29) is 16.8 Å². The zero-order valence-electron chi connectivity index (χ0n) is 17.0. The third-order valence-corrected chi connectivity index (χ3v) is 5.38. The first-order valence-electron chi connectivity index (χ1n) is 9.86. The first-order chi connectivity index (χ1) is 15.1. The fourth-order valence-electron chi connectivity index (χ4n) is 3.85. The molecule has 2 aromatic heterocycles. The van der Waals surface area contributed by atoms with E-state index in [2.05, 4.69) is 4.98 Å². The molecule has 0 aliphatic carbocycles. The van der Waals surface area contributed by atoms with Crippen LogP contribution in [-0.4, -0.2) is 21.6 Å². The largest absolute Gasteiger partial charge is 0.495 e. The Morgan fingerprint density at radius 3 is 2.55 bits per heavy atom. The molecule has 2 heterocycles. The molecule has 0 unspecified atom stereocenters. The normalized spacial score (nSPS) is 11.2. The Labute approximate surface area is 177 Å². The number of hydrogen-bond donors (Lipinski definition) is 1. The molecule has 1 N–H and O–H groups in total. The van der Waals surface area contributed by atoms with Crippen molar-refractivity contribution in [1.29, 1.82) is 0 Å². The number of pyridine rings is 1. The molecule has 0 fully saturated rings. The van der Waals surface area contributed by atoms with Gasteiger partial charge in [0.25, 0.3) is 5.56 Å². The maximum Gasteiger partial charge on any atom is 0.266 e. The van der Waals surface area contributed by atoms with Gasteiger partial charge in [-0.25, -0.2) is 4.98 Å². The number of hydrogen-bond acceptors (Lipinski definition) is 4. The van der Waals surface area contributed by atoms with Crippen LogP contribution in [0.3, 0.4) is 0 Å². The summed E-state index contributed by atoms with van der Waals surface area (Å²) in [5.74, 6) is 0.772. The fraction of sp³-hybridized carbons (Fsp3) is 0.0800. The molecule has 5 aromatic rings. The molecular formula is C25H19N3O3. The number of rotatable bonds is 3. The van der Waals surface area contributed by atoms with Crippen molar-refractivity contribution in [1.82, 2.24) is 14.5 Å². The van der Waals surface area contributed by atoms with Crippen molar-refractivity contribution < 1.29 is 4.74 Å². The highest BCUT2D eigenvalue weighted by Crippen LogP contribution is 2.27. The zero-order valence-corrected chi connectivity index (χ0v) is 17.0. The highest BCUT2D eigenvalue weighted by molar-refractivity contribution is 5.85. The molecule has 0 aliphatic heterocycles. The first-order valence-corrected chi connectivity index (χ1v) is 9.86. The Morgan fingerprint density at radius 1 is 0.935 bits per heavy atom. The smallest absolute Gasteiger partial charge is 0.266 e. The van der Waals surface area contributed by atoms with Gasteiger partial charge in [0.05, 0.1) is 29.3 Å². The van der Waals surface area contributed by atoms with Crippen LogP contribution in [0.4, 0.5) is 0 Å². The molecule has 6 heteroatoms. The van der Waals surface area contributed by atoms with Gasteiger partial charge in [0.15, 0.2) is 11.3 Å². The van der Waals surface area contributed by atoms with E-state index in [9.17, 15) is 9.59 Å². The van der Waals surface area contributed by atoms with Gasteiger partial charge < -0.3 is 9.72 Å². The van der Waals surface area contributed by atoms with Crippen molar-refractivity contribution in [2.75, 3.05) is 7.11 Å². The van der Waals surface area contributed by atoms with E-state index in [0.29, 0.717) is 33.3 Å². The number of aryl methyl sites for hydroxylation is 1. The van der Waals surface area contributed by atoms with E-state index in [1.165, 1.54) is 4.57 Å². The summed E-state index contributed by atoms with van der Waals surface area (Å²) >= 11 is 0. The molecule has 0 bridgehead atoms. The predicted octanol–water partition coefficient (Wildman–Crippen LogP) is 4.21. The topological polar surface area (TPSA) is 77.0 Å². The molecule has 5 rings (SSSR count). The van der Waals surface area contributed by atoms with E-state index in [1.807, 2.05) is 43.3 Å². The Kier molecular flexibility index (Phi) is 4.40. The minimum Gasteiger partial charge on any atom is -0.495 e. The summed E-state index contributed by atoms with van der Waals surface area (Å²) in [6, 6.07) is 20.0. The van der Waals surface area contributed by atoms with Crippen molar-refractivity contribution in [3.05, 3.63) is 99.1 Å². The minimum absolute atomic E-state index is 0.191. The summed E-state index contributed by atoms with van der Waals surface area (Å²) in [4.78, 5) is 34.9. The number of nitrogens with zero attached hydrogens (tertiary/aromatic N) is 2. The summed E-state index contributed by atoms with van der Waals surface area (Å²) in [5.41, 5.74) is 2.60. The second-order valence-corrected chi connectivity index (χ2v) is 7.35. The van der Waals surface area contributed by atoms with Gasteiger partial charge in [-0.05, 0) is 43.3 Å². The quantitative estimate of drug-likeness (QED) is 0.484. The zero-order chi connectivity index (χ0) is 21.5. The van der Waals surface area contributed by atoms with Crippen LogP contribution in [0.2, 0.25) is 0 Å². The number of aromatic amines is 1. The lowest BCUT2D eigenvalue weighted by atomic mass is 10.1. The maximum absolute atomic E-state index is 13.6. The van der Waals surface area contributed by atoms with Gasteiger partial charge in [-0.15, -0.1) is 0 Å². The second-order valence-electron chi connectivity index (χ2n) is 7.35. The standard InChI is InChI=1S/C25H19N3O3/c1-15-11-12-19-17(13-15)23(29)18(14-26-19)24-27-20-8-4-3-7-16(20)25(30)28(24)21-9-5-6-10-22(21)31-2/h3-14H,1-2H3,(H,26,29). The van der Waals surface area contributed by atoms with E-state index >= 15 is 0 Å². The predicted molar refractivity (Wildman–Crippen MR) is 122 cm³/mol. The van der Waals surface area contributed by atoms with Crippen LogP contribution in [0.1, 0.15) is 5.56 Å². The molecule has 0 spiro atoms. The Morgan fingerprint density at radius 2 is 1.71 bits per heavy atom. The van der Waals surface area contributed by atoms with Crippen molar-refractivity contribution in [2.45, 2.75) is 6.92 Å². The van der Waals surface area contributed by atoms with E-state index in [1.54, 1.807) is 43.6 Å². The number of benzene rings is 3. The highest BCUT2D eigenvalue weighted by atomic mass is 16.5. The second kappa shape index (κ2) is 7.25. The molecule has 0 radical (unpaired) electrons. The SMILES string of the molecule is COc1ccccc1-n1c(-c2c[nH]c3ccc(C)cc3c2=O)nc2ccccc2c1=O. The molecule has 0 aliphatic rings. The van der Waals surface area contributed by atoms with Crippen LogP contribution in [0.25, 0.3) is 38.9 Å². The Balaban J connectivity index is 1.94. The number of fused-ring (bicyclic) bond motifs is 2. The lowest BCUT2D eigenvalue weighted by molar-refractivity contribution is 0.412. The Bertz CT molecular complexity index is 1580. The summed E-state index contributed by atoms with van der Waals surface area (Å²) in [6.45, 7) is 1.94. The molecular weight excluding hydrogens is 390 g/mol. The summed E-state index contributed by atoms with van der Waals surface area (Å²) in [5, 5.41) is 1.01. The van der Waals surface area contributed by atoms with Crippen LogP contribution in [0.15, 0.2) is 82.5 Å². The number of ether oxygens (including phenoxy) is 1. The number of aromatic nitrogens is 3. The molecule has 0 amide bonds. The lowest BCUT2D eigenvalue weighted by Gasteiger charge is -2.16. The van der Waals surface area contributed by atoms with Gasteiger partial charge in [0.2, 0.25) is 0 Å². The van der Waals surface area contributed by atoms with Crippen LogP contribution < -0.4 is 15.7 Å². The molecule has 31 heavy (non-hydrogen) atoms. The van der Waals surface area contributed by atoms with Crippen molar-refractivity contribution in [3.8, 4) is 22.8 Å². The monoisotopic (exact) mass is 409 g/mol. The summed E-state index contributed by atoms with van der Waals surface area (Å²) < 4.78 is 6.95. The van der Waals surface area contributed by atoms with Crippen LogP contribution >= 0.6 is 0 Å². The van der Waals surface area contributed by atoms with Crippen molar-refractivity contribution >= 4 is 21.8 Å². The first kappa shape index (κ1) is 18.8. The summed E-state index contributed by atoms with van der Waals surface area (Å²) in [6.07, 6.45) is 1.61. The number of para-hydroxylation sites is 3. The van der Waals surface area contributed by atoms with Crippen molar-refractivity contribution in [3.63, 3.8) is 0 Å². The molecule has 6 nitrogen and oxygen atoms in total. The average Bonchev–Trinajstić information content (AvgIpc) is 2.80. The lowest BCUT2D eigenvalue weighted by Crippen LogP contribution is -2.24. The van der Waals surface area contributed by atoms with Gasteiger partial charge in [0.1, 0.15) is 5.75 Å². The van der Waals surface area contributed by atoms with Crippen LogP contribution in [0.5, 0.6) is 5.75 Å². The highest BCUT2D eigenvalue weighted by Gasteiger charge is 2.20. The molecule has 0 saturated carbocycles. The van der Waals surface area contributed by atoms with Crippen molar-refractivity contribution in [2.24, 2.45) is 0 Å². The minimum atomic E-state index is -0.270. The third kappa shape index (κ3) is 3.00. The average molecular weight is 409 g/mol. The van der Waals surface area contributed by atoms with Gasteiger partial charge in [-0.2, -0.15) is 0 Å². The van der Waals surface area contributed by atoms with Crippen LogP contribution in [-0.2, 0) is 0 Å². The summed E-state index contributed by atoms with van der Waals surface area (Å²) in [7, 11) is 1.55. The maximum atomic E-state index is 13.6. The Hall–Kier alpha value is -4.19. The number of nitrogens with one attached hydrogen (secondary N) is 1. The van der Waals surface area contributed by atoms with Gasteiger partial charge in [-0.3, -0.25) is 14.2 Å². The molecule has 152 valence electrons. The van der Waals surface area contributed by atoms with Gasteiger partial charge in [-0.1, -0.05) is 35.9 Å². The van der Waals surface area contributed by atoms with E-state index < -0.39 is 0 Å². The number of methoxy groups -OCH3 is 1. The number of H-pyrrole nitrogens is 1. The van der Waals surface area contributed by atoms with E-state index in [4.69, 9.17) is 9.72 Å². The molecule has 0 atom stereocenters. The third-order valence-electron chi connectivity index (χ3n) is 5.38. The fourth-order valence-corrected chi connectivity index (χ4v) is 3.85. The van der Waals surface area contributed by atoms with Crippen LogP contribution in [0, 0.1) is 6.92 Å². The molecule has 3 aromatic carbocycles. The van der Waals surface area contributed by atoms with Gasteiger partial charge in [0, 0.05) is 17.1 Å². The van der Waals surface area contributed by atoms with E-state index in [0.717, 1.165) is 11.1 Å². The molecule has 0 saturated heterocycles. The van der Waals surface area contributed by atoms with Gasteiger partial charge >= 0.3 is 0 Å².